The van der Waals surface area contributed by atoms with Crippen LogP contribution in [0.2, 0.25) is 0 Å². The van der Waals surface area contributed by atoms with Crippen molar-refractivity contribution in [2.75, 3.05) is 11.4 Å². The van der Waals surface area contributed by atoms with E-state index in [-0.39, 0.29) is 0 Å². The van der Waals surface area contributed by atoms with Gasteiger partial charge in [0.2, 0.25) is 0 Å². The van der Waals surface area contributed by atoms with E-state index in [2.05, 4.69) is 11.0 Å². The third-order valence-electron chi connectivity index (χ3n) is 3.16. The molecule has 0 amide bonds. The maximum Gasteiger partial charge on any atom is 0.0761 e. The minimum absolute atomic E-state index is 0.419. The van der Waals surface area contributed by atoms with Crippen molar-refractivity contribution in [3.63, 3.8) is 0 Å². The first-order chi connectivity index (χ1) is 8.22. The Hall–Kier alpha value is -1.53. The molecule has 0 aromatic heterocycles. The van der Waals surface area contributed by atoms with Crippen molar-refractivity contribution in [3.05, 3.63) is 29.8 Å². The van der Waals surface area contributed by atoms with Gasteiger partial charge in [0, 0.05) is 18.3 Å². The molecule has 1 saturated carbocycles. The molecule has 0 radical (unpaired) electrons. The van der Waals surface area contributed by atoms with Crippen molar-refractivity contribution >= 4 is 5.69 Å². The fourth-order valence-electron chi connectivity index (χ4n) is 2.02. The second kappa shape index (κ2) is 5.20. The Morgan fingerprint density at radius 3 is 2.53 bits per heavy atom. The molecule has 0 spiro atoms. The molecule has 0 saturated heterocycles. The molecule has 0 bridgehead atoms. The number of rotatable bonds is 5. The summed E-state index contributed by atoms with van der Waals surface area (Å²) >= 11 is 0. The summed E-state index contributed by atoms with van der Waals surface area (Å²) < 4.78 is 0. The summed E-state index contributed by atoms with van der Waals surface area (Å²) in [6.07, 6.45) is 2.60. The zero-order valence-electron chi connectivity index (χ0n) is 10.1. The summed E-state index contributed by atoms with van der Waals surface area (Å²) in [5.74, 6) is 0. The van der Waals surface area contributed by atoms with Gasteiger partial charge in [0.15, 0.2) is 0 Å². The van der Waals surface area contributed by atoms with Crippen LogP contribution >= 0.6 is 0 Å². The smallest absolute Gasteiger partial charge is 0.0761 e. The number of nitriles is 1. The highest BCUT2D eigenvalue weighted by molar-refractivity contribution is 5.50. The fourth-order valence-corrected chi connectivity index (χ4v) is 2.02. The summed E-state index contributed by atoms with van der Waals surface area (Å²) in [6, 6.07) is 10.8. The molecule has 3 heteroatoms. The topological polar surface area (TPSA) is 47.3 Å². The summed E-state index contributed by atoms with van der Waals surface area (Å²) in [4.78, 5) is 2.30. The minimum atomic E-state index is -0.419. The van der Waals surface area contributed by atoms with Crippen LogP contribution in [-0.2, 0) is 0 Å². The third kappa shape index (κ3) is 2.98. The van der Waals surface area contributed by atoms with Crippen molar-refractivity contribution < 1.29 is 5.11 Å². The molecule has 1 atom stereocenters. The van der Waals surface area contributed by atoms with Crippen LogP contribution in [0, 0.1) is 11.3 Å². The van der Waals surface area contributed by atoms with Crippen molar-refractivity contribution in [1.82, 2.24) is 0 Å². The van der Waals surface area contributed by atoms with E-state index in [4.69, 9.17) is 5.26 Å². The maximum atomic E-state index is 9.46. The Morgan fingerprint density at radius 2 is 2.06 bits per heavy atom. The first-order valence-electron chi connectivity index (χ1n) is 6.14. The lowest BCUT2D eigenvalue weighted by atomic mass is 10.1. The van der Waals surface area contributed by atoms with Gasteiger partial charge in [-0.2, -0.15) is 5.26 Å². The molecular formula is C14H18N2O. The fraction of sp³-hybridized carbons (Fsp3) is 0.500. The van der Waals surface area contributed by atoms with E-state index >= 15 is 0 Å². The van der Waals surface area contributed by atoms with Crippen LogP contribution in [0.1, 0.15) is 37.9 Å². The van der Waals surface area contributed by atoms with Gasteiger partial charge in [0.25, 0.3) is 0 Å². The number of aliphatic hydroxyl groups excluding tert-OH is 1. The Labute approximate surface area is 102 Å². The molecule has 2 rings (SSSR count). The second-order valence-electron chi connectivity index (χ2n) is 4.60. The van der Waals surface area contributed by atoms with Gasteiger partial charge < -0.3 is 10.0 Å². The third-order valence-corrected chi connectivity index (χ3v) is 3.16. The number of hydrogen-bond donors (Lipinski definition) is 1. The first-order valence-corrected chi connectivity index (χ1v) is 6.14. The predicted molar refractivity (Wildman–Crippen MR) is 67.7 cm³/mol. The Morgan fingerprint density at radius 1 is 1.41 bits per heavy atom. The van der Waals surface area contributed by atoms with Crippen LogP contribution in [0.15, 0.2) is 24.3 Å². The number of anilines is 1. The normalized spacial score (nSPS) is 16.3. The number of benzene rings is 1. The number of aliphatic hydroxyl groups is 1. The highest BCUT2D eigenvalue weighted by Crippen LogP contribution is 2.32. The average molecular weight is 230 g/mol. The van der Waals surface area contributed by atoms with Crippen molar-refractivity contribution in [1.29, 1.82) is 5.26 Å². The number of hydrogen-bond acceptors (Lipinski definition) is 3. The van der Waals surface area contributed by atoms with Crippen molar-refractivity contribution in [2.24, 2.45) is 0 Å². The maximum absolute atomic E-state index is 9.46. The van der Waals surface area contributed by atoms with Crippen LogP contribution < -0.4 is 4.90 Å². The van der Waals surface area contributed by atoms with Crippen molar-refractivity contribution in [3.8, 4) is 6.07 Å². The van der Waals surface area contributed by atoms with E-state index in [0.29, 0.717) is 12.5 Å². The lowest BCUT2D eigenvalue weighted by molar-refractivity contribution is 0.199. The molecule has 3 nitrogen and oxygen atoms in total. The minimum Gasteiger partial charge on any atom is -0.389 e. The molecule has 1 N–H and O–H groups in total. The molecule has 90 valence electrons. The molecule has 1 aromatic carbocycles. The quantitative estimate of drug-likeness (QED) is 0.845. The largest absolute Gasteiger partial charge is 0.389 e. The zero-order chi connectivity index (χ0) is 12.3. The lowest BCUT2D eigenvalue weighted by Gasteiger charge is -2.24. The Kier molecular flexibility index (Phi) is 3.65. The molecule has 1 unspecified atom stereocenters. The highest BCUT2D eigenvalue weighted by Gasteiger charge is 2.28. The van der Waals surface area contributed by atoms with Crippen LogP contribution in [0.4, 0.5) is 5.69 Å². The first kappa shape index (κ1) is 11.9. The molecule has 1 aliphatic carbocycles. The van der Waals surface area contributed by atoms with E-state index in [1.54, 1.807) is 6.92 Å². The van der Waals surface area contributed by atoms with Gasteiger partial charge in [-0.05, 0) is 37.5 Å². The standard InChI is InChI=1S/C14H18N2O/c1-11(17)12-3-5-13(6-4-12)16(10-2-9-15)14-7-8-14/h3-6,11,14,17H,2,7-8,10H2,1H3. The van der Waals surface area contributed by atoms with E-state index < -0.39 is 6.10 Å². The summed E-state index contributed by atoms with van der Waals surface area (Å²) in [5, 5.41) is 18.1. The van der Waals surface area contributed by atoms with Gasteiger partial charge in [-0.3, -0.25) is 0 Å². The van der Waals surface area contributed by atoms with Crippen LogP contribution in [0.25, 0.3) is 0 Å². The molecule has 17 heavy (non-hydrogen) atoms. The monoisotopic (exact) mass is 230 g/mol. The van der Waals surface area contributed by atoms with Gasteiger partial charge >= 0.3 is 0 Å². The summed E-state index contributed by atoms with van der Waals surface area (Å²) in [6.45, 7) is 2.57. The van der Waals surface area contributed by atoms with E-state index in [0.717, 1.165) is 17.8 Å². The molecule has 1 fully saturated rings. The van der Waals surface area contributed by atoms with Gasteiger partial charge in [0.1, 0.15) is 0 Å². The molecule has 1 aliphatic rings. The summed E-state index contributed by atoms with van der Waals surface area (Å²) in [5.41, 5.74) is 2.09. The summed E-state index contributed by atoms with van der Waals surface area (Å²) in [7, 11) is 0. The zero-order valence-corrected chi connectivity index (χ0v) is 10.1. The van der Waals surface area contributed by atoms with Gasteiger partial charge in [-0.15, -0.1) is 0 Å². The Bertz CT molecular complexity index is 401. The van der Waals surface area contributed by atoms with Crippen molar-refractivity contribution in [2.45, 2.75) is 38.3 Å². The lowest BCUT2D eigenvalue weighted by Crippen LogP contribution is -2.26. The van der Waals surface area contributed by atoms with Crippen LogP contribution in [-0.4, -0.2) is 17.7 Å². The highest BCUT2D eigenvalue weighted by atomic mass is 16.3. The SMILES string of the molecule is CC(O)c1ccc(N(CCC#N)C2CC2)cc1. The average Bonchev–Trinajstić information content (AvgIpc) is 3.14. The second-order valence-corrected chi connectivity index (χ2v) is 4.60. The number of nitrogens with zero attached hydrogens (tertiary/aromatic N) is 2. The van der Waals surface area contributed by atoms with E-state index in [9.17, 15) is 5.11 Å². The van der Waals surface area contributed by atoms with E-state index in [1.807, 2.05) is 24.3 Å². The molecule has 1 aromatic rings. The Balaban J connectivity index is 2.10. The van der Waals surface area contributed by atoms with Crippen LogP contribution in [0.3, 0.4) is 0 Å². The van der Waals surface area contributed by atoms with Gasteiger partial charge in [-0.1, -0.05) is 12.1 Å². The predicted octanol–water partition coefficient (Wildman–Crippen LogP) is 2.62. The molecule has 0 aliphatic heterocycles. The molecular weight excluding hydrogens is 212 g/mol. The molecule has 0 heterocycles. The van der Waals surface area contributed by atoms with E-state index in [1.165, 1.54) is 12.8 Å². The van der Waals surface area contributed by atoms with Gasteiger partial charge in [0.05, 0.1) is 18.6 Å². The van der Waals surface area contributed by atoms with Crippen LogP contribution in [0.5, 0.6) is 0 Å². The van der Waals surface area contributed by atoms with Gasteiger partial charge in [-0.25, -0.2) is 0 Å².